The summed E-state index contributed by atoms with van der Waals surface area (Å²) in [6.07, 6.45) is 7.47. The molecule has 12 heavy (non-hydrogen) atoms. The number of hydrogen-bond acceptors (Lipinski definition) is 2. The summed E-state index contributed by atoms with van der Waals surface area (Å²) in [7, 11) is 0. The van der Waals surface area contributed by atoms with Gasteiger partial charge in [-0.25, -0.2) is 0 Å². The van der Waals surface area contributed by atoms with Crippen LogP contribution in [0, 0.1) is 5.41 Å². The first-order valence-electron chi connectivity index (χ1n) is 5.26. The number of rotatable bonds is 1. The highest BCUT2D eigenvalue weighted by molar-refractivity contribution is 5.09. The minimum absolute atomic E-state index is 0.555. The third kappa shape index (κ3) is 0.826. The monoisotopic (exact) mass is 167 g/mol. The van der Waals surface area contributed by atoms with E-state index in [1.54, 1.807) is 0 Å². The van der Waals surface area contributed by atoms with Crippen LogP contribution in [-0.2, 0) is 4.74 Å². The Kier molecular flexibility index (Phi) is 1.50. The minimum atomic E-state index is 0.555. The Morgan fingerprint density at radius 1 is 1.25 bits per heavy atom. The maximum Gasteiger partial charge on any atom is 0.0734 e. The number of ether oxygens (including phenoxy) is 1. The van der Waals surface area contributed by atoms with E-state index in [0.29, 0.717) is 17.6 Å². The van der Waals surface area contributed by atoms with E-state index in [0.717, 1.165) is 6.61 Å². The molecule has 2 atom stereocenters. The lowest BCUT2D eigenvalue weighted by atomic mass is 9.58. The van der Waals surface area contributed by atoms with E-state index in [9.17, 15) is 0 Å². The van der Waals surface area contributed by atoms with Crippen LogP contribution in [0.4, 0.5) is 0 Å². The molecule has 0 amide bonds. The minimum Gasteiger partial charge on any atom is -0.377 e. The molecule has 2 aliphatic heterocycles. The lowest BCUT2D eigenvalue weighted by molar-refractivity contribution is -0.0751. The molecule has 0 unspecified atom stereocenters. The average Bonchev–Trinajstić information content (AvgIpc) is 2.33. The topological polar surface area (TPSA) is 21.3 Å². The first-order chi connectivity index (χ1) is 5.91. The Morgan fingerprint density at radius 3 is 2.58 bits per heavy atom. The molecule has 3 aliphatic rings. The van der Waals surface area contributed by atoms with Crippen molar-refractivity contribution < 1.29 is 4.74 Å². The Labute approximate surface area is 73.7 Å². The SMILES string of the molecule is C1CO[C@@H]([C@@H]2NCC23CCC3)C1. The Hall–Kier alpha value is -0.0800. The second-order valence-corrected chi connectivity index (χ2v) is 4.63. The third-order valence-electron chi connectivity index (χ3n) is 4.02. The van der Waals surface area contributed by atoms with Crippen molar-refractivity contribution in [3.05, 3.63) is 0 Å². The molecule has 2 saturated heterocycles. The summed E-state index contributed by atoms with van der Waals surface area (Å²) in [6, 6.07) is 0.716. The van der Waals surface area contributed by atoms with Gasteiger partial charge in [0.1, 0.15) is 0 Å². The number of hydrogen-bond donors (Lipinski definition) is 1. The van der Waals surface area contributed by atoms with Crippen molar-refractivity contribution in [2.24, 2.45) is 5.41 Å². The van der Waals surface area contributed by atoms with Crippen molar-refractivity contribution in [1.82, 2.24) is 5.32 Å². The maximum absolute atomic E-state index is 5.73. The van der Waals surface area contributed by atoms with Gasteiger partial charge < -0.3 is 10.1 Å². The molecular weight excluding hydrogens is 150 g/mol. The highest BCUT2D eigenvalue weighted by Crippen LogP contribution is 2.50. The summed E-state index contributed by atoms with van der Waals surface area (Å²) in [5.41, 5.74) is 0.689. The van der Waals surface area contributed by atoms with Gasteiger partial charge in [0.25, 0.3) is 0 Å². The van der Waals surface area contributed by atoms with Gasteiger partial charge >= 0.3 is 0 Å². The van der Waals surface area contributed by atoms with Gasteiger partial charge in [-0.15, -0.1) is 0 Å². The van der Waals surface area contributed by atoms with Crippen molar-refractivity contribution in [2.75, 3.05) is 13.2 Å². The predicted molar refractivity (Wildman–Crippen MR) is 47.0 cm³/mol. The molecule has 0 aromatic heterocycles. The second kappa shape index (κ2) is 2.46. The smallest absolute Gasteiger partial charge is 0.0734 e. The normalized spacial score (nSPS) is 44.0. The summed E-state index contributed by atoms with van der Waals surface area (Å²) in [4.78, 5) is 0. The molecule has 0 aromatic rings. The van der Waals surface area contributed by atoms with Crippen LogP contribution in [0.1, 0.15) is 32.1 Å². The lowest BCUT2D eigenvalue weighted by Gasteiger charge is -2.58. The van der Waals surface area contributed by atoms with Crippen LogP contribution >= 0.6 is 0 Å². The summed E-state index contributed by atoms with van der Waals surface area (Å²) in [5, 5.41) is 3.56. The van der Waals surface area contributed by atoms with Crippen LogP contribution in [0.25, 0.3) is 0 Å². The van der Waals surface area contributed by atoms with Crippen LogP contribution in [0.15, 0.2) is 0 Å². The zero-order valence-corrected chi connectivity index (χ0v) is 7.51. The molecule has 1 spiro atoms. The summed E-state index contributed by atoms with van der Waals surface area (Å²) >= 11 is 0. The van der Waals surface area contributed by atoms with Crippen LogP contribution in [0.3, 0.4) is 0 Å². The summed E-state index contributed by atoms with van der Waals surface area (Å²) in [6.45, 7) is 2.26. The molecule has 0 radical (unpaired) electrons. The molecule has 2 heterocycles. The van der Waals surface area contributed by atoms with Gasteiger partial charge in [0, 0.05) is 24.6 Å². The molecular formula is C10H17NO. The quantitative estimate of drug-likeness (QED) is 0.635. The molecule has 2 heteroatoms. The van der Waals surface area contributed by atoms with Crippen molar-refractivity contribution in [1.29, 1.82) is 0 Å². The molecule has 3 rings (SSSR count). The van der Waals surface area contributed by atoms with Gasteiger partial charge in [0.05, 0.1) is 6.10 Å². The molecule has 0 bridgehead atoms. The van der Waals surface area contributed by atoms with Crippen molar-refractivity contribution in [3.63, 3.8) is 0 Å². The zero-order chi connectivity index (χ0) is 8.02. The molecule has 0 aromatic carbocycles. The van der Waals surface area contributed by atoms with Crippen LogP contribution in [-0.4, -0.2) is 25.3 Å². The highest BCUT2D eigenvalue weighted by Gasteiger charge is 2.54. The van der Waals surface area contributed by atoms with E-state index in [4.69, 9.17) is 4.74 Å². The van der Waals surface area contributed by atoms with Crippen molar-refractivity contribution in [3.8, 4) is 0 Å². The summed E-state index contributed by atoms with van der Waals surface area (Å²) < 4.78 is 5.73. The van der Waals surface area contributed by atoms with Gasteiger partial charge in [-0.2, -0.15) is 0 Å². The van der Waals surface area contributed by atoms with Crippen LogP contribution in [0.5, 0.6) is 0 Å². The van der Waals surface area contributed by atoms with Gasteiger partial charge in [-0.05, 0) is 25.7 Å². The number of nitrogens with one attached hydrogen (secondary N) is 1. The van der Waals surface area contributed by atoms with Gasteiger partial charge in [-0.1, -0.05) is 6.42 Å². The largest absolute Gasteiger partial charge is 0.377 e. The molecule has 3 fully saturated rings. The van der Waals surface area contributed by atoms with E-state index < -0.39 is 0 Å². The fraction of sp³-hybridized carbons (Fsp3) is 1.00. The highest BCUT2D eigenvalue weighted by atomic mass is 16.5. The van der Waals surface area contributed by atoms with E-state index in [1.807, 2.05) is 0 Å². The molecule has 1 N–H and O–H groups in total. The lowest BCUT2D eigenvalue weighted by Crippen LogP contribution is -2.69. The average molecular weight is 167 g/mol. The molecule has 68 valence electrons. The standard InChI is InChI=1S/C10H17NO/c1-3-8(12-6-1)9-10(7-11-9)4-2-5-10/h8-9,11H,1-7H2/t8-,9+/m1/s1. The fourth-order valence-corrected chi connectivity index (χ4v) is 3.02. The third-order valence-corrected chi connectivity index (χ3v) is 4.02. The Morgan fingerprint density at radius 2 is 2.17 bits per heavy atom. The van der Waals surface area contributed by atoms with Crippen molar-refractivity contribution >= 4 is 0 Å². The molecule has 2 nitrogen and oxygen atoms in total. The van der Waals surface area contributed by atoms with E-state index in [1.165, 1.54) is 38.6 Å². The van der Waals surface area contributed by atoms with E-state index >= 15 is 0 Å². The molecule has 1 saturated carbocycles. The predicted octanol–water partition coefficient (Wildman–Crippen LogP) is 1.31. The van der Waals surface area contributed by atoms with Crippen LogP contribution in [0.2, 0.25) is 0 Å². The fourth-order valence-electron chi connectivity index (χ4n) is 3.02. The van der Waals surface area contributed by atoms with Crippen LogP contribution < -0.4 is 5.32 Å². The second-order valence-electron chi connectivity index (χ2n) is 4.63. The van der Waals surface area contributed by atoms with Gasteiger partial charge in [0.15, 0.2) is 0 Å². The van der Waals surface area contributed by atoms with E-state index in [2.05, 4.69) is 5.32 Å². The first-order valence-corrected chi connectivity index (χ1v) is 5.26. The van der Waals surface area contributed by atoms with Gasteiger partial charge in [-0.3, -0.25) is 0 Å². The summed E-state index contributed by atoms with van der Waals surface area (Å²) in [5.74, 6) is 0. The zero-order valence-electron chi connectivity index (χ0n) is 7.51. The first kappa shape index (κ1) is 7.34. The van der Waals surface area contributed by atoms with E-state index in [-0.39, 0.29) is 0 Å². The Balaban J connectivity index is 1.68. The van der Waals surface area contributed by atoms with Crippen molar-refractivity contribution in [2.45, 2.75) is 44.2 Å². The van der Waals surface area contributed by atoms with Gasteiger partial charge in [0.2, 0.25) is 0 Å². The Bertz CT molecular complexity index is 177. The molecule has 1 aliphatic carbocycles. The maximum atomic E-state index is 5.73.